The van der Waals surface area contributed by atoms with Crippen LogP contribution in [0.1, 0.15) is 55.5 Å². The van der Waals surface area contributed by atoms with E-state index >= 15 is 0 Å². The Balaban J connectivity index is 1.13. The number of ketones is 1. The number of aromatic nitrogens is 1. The van der Waals surface area contributed by atoms with Gasteiger partial charge in [0.2, 0.25) is 11.8 Å². The molecule has 2 heterocycles. The number of rotatable bonds is 12. The van der Waals surface area contributed by atoms with Crippen LogP contribution in [0, 0.1) is 11.8 Å². The van der Waals surface area contributed by atoms with E-state index in [-0.39, 0.29) is 29.6 Å². The summed E-state index contributed by atoms with van der Waals surface area (Å²) in [5, 5.41) is 27.5. The van der Waals surface area contributed by atoms with Crippen LogP contribution in [0.25, 0.3) is 10.9 Å². The van der Waals surface area contributed by atoms with Crippen molar-refractivity contribution in [2.24, 2.45) is 11.8 Å². The second-order valence-electron chi connectivity index (χ2n) is 13.3. The molecule has 13 nitrogen and oxygen atoms in total. The van der Waals surface area contributed by atoms with E-state index < -0.39 is 80.2 Å². The number of pyridine rings is 1. The van der Waals surface area contributed by atoms with Gasteiger partial charge in [0.05, 0.1) is 30.2 Å². The van der Waals surface area contributed by atoms with Crippen molar-refractivity contribution in [3.8, 4) is 0 Å². The zero-order chi connectivity index (χ0) is 36.9. The van der Waals surface area contributed by atoms with Gasteiger partial charge in [-0.3, -0.25) is 24.2 Å². The van der Waals surface area contributed by atoms with Crippen molar-refractivity contribution < 1.29 is 47.5 Å². The Hall–Kier alpha value is -4.96. The maximum atomic E-state index is 14.5. The summed E-state index contributed by atoms with van der Waals surface area (Å²) < 4.78 is 34.3. The molecular formula is C35H40BF2N5O8. The summed E-state index contributed by atoms with van der Waals surface area (Å²) in [6.07, 6.45) is 1.41. The molecular weight excluding hydrogens is 667 g/mol. The molecule has 2 fully saturated rings. The smallest absolute Gasteiger partial charge is 0.445 e. The standard InChI is InChI=1S/C35H40BF2N5O8/c1-20(2)30(31(45)25-7-5-8-26(25)36(49)50)42-34(48)51-18-21-10-12-22(13-11-21)41-33(47)28-16-35(37,38)19-43(28)29(44)17-40-32(46)24-14-15-39-27-9-4-3-6-23(24)27/h3-4,6,9-15,20,25-26,28,30,49-50H,5,7-8,16-19H2,1-2H3,(H,40,46)(H,41,47)(H,42,48)/t25?,26-,28+,30+/m1/s1. The third-order valence-corrected chi connectivity index (χ3v) is 9.34. The van der Waals surface area contributed by atoms with E-state index in [1.165, 1.54) is 24.4 Å². The normalized spacial score (nSPS) is 20.1. The number of benzene rings is 2. The minimum absolute atomic E-state index is 0.182. The average Bonchev–Trinajstić information content (AvgIpc) is 3.73. The van der Waals surface area contributed by atoms with E-state index in [9.17, 15) is 42.8 Å². The van der Waals surface area contributed by atoms with Gasteiger partial charge < -0.3 is 35.6 Å². The second-order valence-corrected chi connectivity index (χ2v) is 13.3. The minimum Gasteiger partial charge on any atom is -0.445 e. The molecule has 1 aromatic heterocycles. The number of hydrogen-bond acceptors (Lipinski definition) is 9. The number of carbonyl (C=O) groups excluding carboxylic acids is 5. The molecule has 0 bridgehead atoms. The third kappa shape index (κ3) is 9.05. The van der Waals surface area contributed by atoms with Gasteiger partial charge >= 0.3 is 13.2 Å². The fraction of sp³-hybridized carbons (Fsp3) is 0.429. The molecule has 4 amide bonds. The third-order valence-electron chi connectivity index (χ3n) is 9.34. The van der Waals surface area contributed by atoms with Crippen LogP contribution >= 0.6 is 0 Å². The number of nitrogens with one attached hydrogen (secondary N) is 3. The van der Waals surface area contributed by atoms with Gasteiger partial charge in [0.25, 0.3) is 11.8 Å². The molecule has 0 radical (unpaired) electrons. The van der Waals surface area contributed by atoms with E-state index in [2.05, 4.69) is 20.9 Å². The average molecular weight is 708 g/mol. The number of nitrogens with zero attached hydrogens (tertiary/aromatic N) is 2. The molecule has 51 heavy (non-hydrogen) atoms. The van der Waals surface area contributed by atoms with Gasteiger partial charge in [0, 0.05) is 35.4 Å². The molecule has 16 heteroatoms. The lowest BCUT2D eigenvalue weighted by Gasteiger charge is -2.26. The van der Waals surface area contributed by atoms with Crippen LogP contribution in [-0.2, 0) is 25.7 Å². The first-order chi connectivity index (χ1) is 24.2. The Kier molecular flexibility index (Phi) is 11.7. The Morgan fingerprint density at radius 3 is 2.47 bits per heavy atom. The van der Waals surface area contributed by atoms with Gasteiger partial charge in [-0.05, 0) is 42.2 Å². The topological polar surface area (TPSA) is 187 Å². The quantitative estimate of drug-likeness (QED) is 0.176. The number of amides is 4. The van der Waals surface area contributed by atoms with Gasteiger partial charge in [-0.25, -0.2) is 13.6 Å². The number of Topliss-reactive ketones (excluding diaryl/α,β-unsaturated/α-hetero) is 1. The number of alkyl halides is 2. The highest BCUT2D eigenvalue weighted by molar-refractivity contribution is 6.44. The van der Waals surface area contributed by atoms with Crippen LogP contribution in [0.2, 0.25) is 5.82 Å². The second kappa shape index (κ2) is 15.9. The lowest BCUT2D eigenvalue weighted by molar-refractivity contribution is -0.136. The Bertz CT molecular complexity index is 1770. The van der Waals surface area contributed by atoms with E-state index in [1.54, 1.807) is 50.2 Å². The number of halogens is 2. The molecule has 5 rings (SSSR count). The van der Waals surface area contributed by atoms with Crippen LogP contribution in [0.3, 0.4) is 0 Å². The van der Waals surface area contributed by atoms with Crippen LogP contribution in [-0.4, -0.2) is 87.7 Å². The zero-order valence-electron chi connectivity index (χ0n) is 28.2. The number of carbonyl (C=O) groups is 5. The molecule has 1 aliphatic carbocycles. The summed E-state index contributed by atoms with van der Waals surface area (Å²) >= 11 is 0. The maximum Gasteiger partial charge on any atom is 0.455 e. The molecule has 2 aromatic carbocycles. The van der Waals surface area contributed by atoms with Crippen LogP contribution < -0.4 is 16.0 Å². The summed E-state index contributed by atoms with van der Waals surface area (Å²) in [6.45, 7) is 1.76. The van der Waals surface area contributed by atoms with Crippen LogP contribution in [0.5, 0.6) is 0 Å². The molecule has 0 spiro atoms. The Morgan fingerprint density at radius 2 is 1.76 bits per heavy atom. The largest absolute Gasteiger partial charge is 0.455 e. The Morgan fingerprint density at radius 1 is 1.04 bits per heavy atom. The highest BCUT2D eigenvalue weighted by Gasteiger charge is 2.50. The lowest BCUT2D eigenvalue weighted by atomic mass is 9.65. The summed E-state index contributed by atoms with van der Waals surface area (Å²) in [5.41, 5.74) is 1.60. The minimum atomic E-state index is -3.32. The molecule has 5 N–H and O–H groups in total. The molecule has 3 aromatic rings. The fourth-order valence-electron chi connectivity index (χ4n) is 6.68. The van der Waals surface area contributed by atoms with Gasteiger partial charge in [-0.1, -0.05) is 57.0 Å². The first-order valence-electron chi connectivity index (χ1n) is 16.8. The molecule has 1 aliphatic heterocycles. The van der Waals surface area contributed by atoms with E-state index in [4.69, 9.17) is 4.74 Å². The van der Waals surface area contributed by atoms with Gasteiger partial charge in [-0.2, -0.15) is 0 Å². The molecule has 270 valence electrons. The van der Waals surface area contributed by atoms with Crippen molar-refractivity contribution in [3.05, 3.63) is 71.9 Å². The highest BCUT2D eigenvalue weighted by Crippen LogP contribution is 2.39. The van der Waals surface area contributed by atoms with Gasteiger partial charge in [-0.15, -0.1) is 0 Å². The number of likely N-dealkylation sites (tertiary alicyclic amines) is 1. The molecule has 4 atom stereocenters. The molecule has 1 saturated carbocycles. The van der Waals surface area contributed by atoms with Crippen LogP contribution in [0.15, 0.2) is 60.8 Å². The lowest BCUT2D eigenvalue weighted by Crippen LogP contribution is -2.48. The molecule has 1 saturated heterocycles. The van der Waals surface area contributed by atoms with Crippen molar-refractivity contribution in [3.63, 3.8) is 0 Å². The molecule has 2 aliphatic rings. The first-order valence-corrected chi connectivity index (χ1v) is 16.8. The maximum absolute atomic E-state index is 14.5. The zero-order valence-corrected chi connectivity index (χ0v) is 28.2. The van der Waals surface area contributed by atoms with E-state index in [0.717, 1.165) is 4.90 Å². The van der Waals surface area contributed by atoms with E-state index in [1.807, 2.05) is 0 Å². The number of hydrogen-bond donors (Lipinski definition) is 5. The fourth-order valence-corrected chi connectivity index (χ4v) is 6.68. The highest BCUT2D eigenvalue weighted by atomic mass is 19.3. The van der Waals surface area contributed by atoms with Gasteiger partial charge in [0.15, 0.2) is 5.78 Å². The number of ether oxygens (including phenoxy) is 1. The van der Waals surface area contributed by atoms with E-state index in [0.29, 0.717) is 35.7 Å². The van der Waals surface area contributed by atoms with Crippen molar-refractivity contribution in [1.29, 1.82) is 0 Å². The monoisotopic (exact) mass is 707 g/mol. The van der Waals surface area contributed by atoms with Crippen molar-refractivity contribution >= 4 is 53.3 Å². The summed E-state index contributed by atoms with van der Waals surface area (Å²) in [4.78, 5) is 69.7. The van der Waals surface area contributed by atoms with Gasteiger partial charge in [0.1, 0.15) is 12.6 Å². The predicted molar refractivity (Wildman–Crippen MR) is 182 cm³/mol. The number of alkyl carbamates (subject to hydrolysis) is 1. The first kappa shape index (κ1) is 37.3. The SMILES string of the molecule is CC(C)[C@H](NC(=O)OCc1ccc(NC(=O)[C@@H]2CC(F)(F)CN2C(=O)CNC(=O)c2ccnc3ccccc23)cc1)C(=O)C1CCC[C@H]1B(O)O. The van der Waals surface area contributed by atoms with Crippen LogP contribution in [0.4, 0.5) is 19.3 Å². The Labute approximate surface area is 293 Å². The summed E-state index contributed by atoms with van der Waals surface area (Å²) in [7, 11) is -1.62. The predicted octanol–water partition coefficient (Wildman–Crippen LogP) is 3.30. The van der Waals surface area contributed by atoms with Crippen molar-refractivity contribution in [1.82, 2.24) is 20.5 Å². The summed E-state index contributed by atoms with van der Waals surface area (Å²) in [5.74, 6) is -7.31. The number of fused-ring (bicyclic) bond motifs is 1. The number of anilines is 1. The summed E-state index contributed by atoms with van der Waals surface area (Å²) in [6, 6.07) is 12.1. The molecule has 1 unspecified atom stereocenters. The van der Waals surface area contributed by atoms with Crippen molar-refractivity contribution in [2.75, 3.05) is 18.4 Å². The number of para-hydroxylation sites is 1. The van der Waals surface area contributed by atoms with Crippen molar-refractivity contribution in [2.45, 2.75) is 70.0 Å².